The van der Waals surface area contributed by atoms with Crippen LogP contribution >= 0.6 is 0 Å². The monoisotopic (exact) mass is 493 g/mol. The van der Waals surface area contributed by atoms with Gasteiger partial charge in [-0.25, -0.2) is 9.80 Å². The number of amides is 2. The van der Waals surface area contributed by atoms with Crippen LogP contribution < -0.4 is 25.0 Å². The first-order valence-corrected chi connectivity index (χ1v) is 11.4. The number of nitrogens with one attached hydrogen (secondary N) is 2. The lowest BCUT2D eigenvalue weighted by Gasteiger charge is -2.20. The lowest BCUT2D eigenvalue weighted by molar-refractivity contribution is -0.0499. The minimum Gasteiger partial charge on any atom is -0.449 e. The van der Waals surface area contributed by atoms with E-state index in [4.69, 9.17) is 9.47 Å². The molecule has 0 aromatic heterocycles. The van der Waals surface area contributed by atoms with Crippen LogP contribution in [0.5, 0.6) is 17.2 Å². The van der Waals surface area contributed by atoms with Crippen molar-refractivity contribution >= 4 is 23.0 Å². The number of hydrogen-bond donors (Lipinski definition) is 2. The first-order valence-electron chi connectivity index (χ1n) is 11.4. The lowest BCUT2D eigenvalue weighted by Crippen LogP contribution is -2.40. The van der Waals surface area contributed by atoms with Gasteiger partial charge in [0.15, 0.2) is 11.5 Å². The summed E-state index contributed by atoms with van der Waals surface area (Å²) in [5.41, 5.74) is 7.85. The largest absolute Gasteiger partial charge is 0.449 e. The Bertz CT molecular complexity index is 1320. The molecule has 9 heteroatoms. The van der Waals surface area contributed by atoms with E-state index >= 15 is 0 Å². The van der Waals surface area contributed by atoms with Crippen LogP contribution in [0.15, 0.2) is 66.7 Å². The van der Waals surface area contributed by atoms with Crippen molar-refractivity contribution in [1.29, 1.82) is 0 Å². The third-order valence-corrected chi connectivity index (χ3v) is 5.84. The fraction of sp³-hybridized carbons (Fsp3) is 0.222. The van der Waals surface area contributed by atoms with Gasteiger partial charge < -0.3 is 19.5 Å². The molecular weight excluding hydrogens is 468 g/mol. The van der Waals surface area contributed by atoms with Crippen molar-refractivity contribution in [3.63, 3.8) is 0 Å². The number of anilines is 1. The topological polar surface area (TPSA) is 72.1 Å². The van der Waals surface area contributed by atoms with Gasteiger partial charge in [-0.2, -0.15) is 8.78 Å². The number of urea groups is 1. The molecule has 186 valence electrons. The van der Waals surface area contributed by atoms with Crippen LogP contribution in [0.1, 0.15) is 30.5 Å². The Kier molecular flexibility index (Phi) is 5.91. The number of fused-ring (bicyclic) bond motifs is 1. The van der Waals surface area contributed by atoms with Gasteiger partial charge in [-0.1, -0.05) is 30.3 Å². The quantitative estimate of drug-likeness (QED) is 0.455. The second-order valence-electron chi connectivity index (χ2n) is 8.97. The predicted molar refractivity (Wildman–Crippen MR) is 132 cm³/mol. The number of benzene rings is 3. The first kappa shape index (κ1) is 23.5. The maximum Gasteiger partial charge on any atom is 0.387 e. The fourth-order valence-corrected chi connectivity index (χ4v) is 4.21. The molecule has 3 aromatic rings. The Hall–Kier alpha value is -4.27. The fourth-order valence-electron chi connectivity index (χ4n) is 4.21. The molecule has 0 atom stereocenters. The summed E-state index contributed by atoms with van der Waals surface area (Å²) in [6.07, 6.45) is 0. The highest BCUT2D eigenvalue weighted by molar-refractivity contribution is 5.99. The summed E-state index contributed by atoms with van der Waals surface area (Å²) >= 11 is 0. The zero-order valence-corrected chi connectivity index (χ0v) is 20.0. The normalized spacial score (nSPS) is 15.8. The molecule has 3 aromatic carbocycles. The molecule has 2 N–H and O–H groups in total. The first-order chi connectivity index (χ1) is 17.2. The van der Waals surface area contributed by atoms with Crippen molar-refractivity contribution in [2.45, 2.75) is 33.2 Å². The number of hydrazine groups is 1. The highest BCUT2D eigenvalue weighted by Crippen LogP contribution is 2.42. The summed E-state index contributed by atoms with van der Waals surface area (Å²) in [7, 11) is 0. The van der Waals surface area contributed by atoms with E-state index in [-0.39, 0.29) is 18.3 Å². The van der Waals surface area contributed by atoms with Gasteiger partial charge in [-0.3, -0.25) is 5.43 Å². The molecule has 7 nitrogen and oxygen atoms in total. The highest BCUT2D eigenvalue weighted by Gasteiger charge is 2.33. The highest BCUT2D eigenvalue weighted by atomic mass is 19.3. The van der Waals surface area contributed by atoms with E-state index in [2.05, 4.69) is 15.5 Å². The zero-order valence-electron chi connectivity index (χ0n) is 20.0. The van der Waals surface area contributed by atoms with Crippen molar-refractivity contribution in [2.24, 2.45) is 0 Å². The van der Waals surface area contributed by atoms with Crippen LogP contribution in [-0.2, 0) is 0 Å². The summed E-state index contributed by atoms with van der Waals surface area (Å²) in [5.74, 6) is 0.479. The number of hydrogen-bond acceptors (Lipinski definition) is 5. The van der Waals surface area contributed by atoms with Crippen LogP contribution in [0.4, 0.5) is 19.3 Å². The van der Waals surface area contributed by atoms with Gasteiger partial charge in [0, 0.05) is 36.7 Å². The number of nitrogens with zero attached hydrogens (tertiary/aromatic N) is 1. The Morgan fingerprint density at radius 1 is 1.03 bits per heavy atom. The summed E-state index contributed by atoms with van der Waals surface area (Å²) in [5, 5.41) is 4.41. The Morgan fingerprint density at radius 2 is 1.69 bits per heavy atom. The summed E-state index contributed by atoms with van der Waals surface area (Å²) in [6, 6.07) is 19.2. The van der Waals surface area contributed by atoms with Crippen LogP contribution in [-0.4, -0.2) is 30.0 Å². The summed E-state index contributed by atoms with van der Waals surface area (Å²) in [4.78, 5) is 13.3. The number of carbonyl (C=O) groups is 1. The minimum atomic E-state index is -2.90. The number of ether oxygens (including phenoxy) is 3. The van der Waals surface area contributed by atoms with Gasteiger partial charge >= 0.3 is 12.6 Å². The lowest BCUT2D eigenvalue weighted by atomic mass is 10.0. The van der Waals surface area contributed by atoms with Gasteiger partial charge in [-0.05, 0) is 48.4 Å². The van der Waals surface area contributed by atoms with E-state index in [1.807, 2.05) is 57.2 Å². The molecule has 0 fully saturated rings. The second kappa shape index (κ2) is 9.07. The number of alkyl halides is 2. The average Bonchev–Trinajstić information content (AvgIpc) is 3.40. The Labute approximate surface area is 207 Å². The molecule has 0 unspecified atom stereocenters. The van der Waals surface area contributed by atoms with Gasteiger partial charge in [0.2, 0.25) is 5.79 Å². The van der Waals surface area contributed by atoms with Crippen LogP contribution in [0.2, 0.25) is 0 Å². The van der Waals surface area contributed by atoms with E-state index in [1.54, 1.807) is 18.2 Å². The van der Waals surface area contributed by atoms with E-state index in [9.17, 15) is 13.6 Å². The number of halogens is 2. The Morgan fingerprint density at radius 3 is 2.36 bits per heavy atom. The SMILES string of the molecule is Cc1cc2c(cc1NC(=O)N1CC(c3ccccc3)=C(c3ccc(OC(F)F)cc3)N1)OC(C)(C)O2. The molecule has 2 heterocycles. The van der Waals surface area contributed by atoms with Crippen molar-refractivity contribution in [1.82, 2.24) is 10.4 Å². The molecule has 2 aliphatic rings. The third-order valence-electron chi connectivity index (χ3n) is 5.84. The standard InChI is InChI=1S/C27H25F2N3O4/c1-16-13-22-23(36-27(2,3)35-22)14-21(16)30-26(33)32-15-20(17-7-5-4-6-8-17)24(31-32)18-9-11-19(12-10-18)34-25(28)29/h4-14,25,31H,15H2,1-3H3,(H,30,33). The van der Waals surface area contributed by atoms with Crippen molar-refractivity contribution in [2.75, 3.05) is 11.9 Å². The number of rotatable bonds is 5. The average molecular weight is 494 g/mol. The van der Waals surface area contributed by atoms with Gasteiger partial charge in [-0.15, -0.1) is 0 Å². The molecule has 36 heavy (non-hydrogen) atoms. The van der Waals surface area contributed by atoms with Crippen LogP contribution in [0, 0.1) is 6.92 Å². The maximum absolute atomic E-state index is 13.3. The molecule has 2 aliphatic heterocycles. The summed E-state index contributed by atoms with van der Waals surface area (Å²) in [6.45, 7) is 2.91. The number of carbonyl (C=O) groups excluding carboxylic acids is 1. The zero-order chi connectivity index (χ0) is 25.4. The third kappa shape index (κ3) is 4.77. The molecule has 0 spiro atoms. The Balaban J connectivity index is 1.39. The smallest absolute Gasteiger partial charge is 0.387 e. The van der Waals surface area contributed by atoms with E-state index in [0.717, 1.165) is 22.3 Å². The van der Waals surface area contributed by atoms with Gasteiger partial charge in [0.05, 0.1) is 12.2 Å². The van der Waals surface area contributed by atoms with Crippen molar-refractivity contribution in [3.8, 4) is 17.2 Å². The van der Waals surface area contributed by atoms with E-state index in [1.165, 1.54) is 17.1 Å². The van der Waals surface area contributed by atoms with Gasteiger partial charge in [0.25, 0.3) is 0 Å². The molecule has 0 bridgehead atoms. The van der Waals surface area contributed by atoms with Crippen molar-refractivity contribution < 1.29 is 27.8 Å². The molecule has 0 radical (unpaired) electrons. The number of aryl methyl sites for hydroxylation is 1. The molecular formula is C27H25F2N3O4. The maximum atomic E-state index is 13.3. The molecule has 0 saturated carbocycles. The van der Waals surface area contributed by atoms with E-state index < -0.39 is 12.4 Å². The van der Waals surface area contributed by atoms with Crippen LogP contribution in [0.25, 0.3) is 11.3 Å². The van der Waals surface area contributed by atoms with E-state index in [0.29, 0.717) is 22.9 Å². The molecule has 2 amide bonds. The van der Waals surface area contributed by atoms with Gasteiger partial charge in [0.1, 0.15) is 5.75 Å². The van der Waals surface area contributed by atoms with Crippen molar-refractivity contribution in [3.05, 3.63) is 83.4 Å². The second-order valence-corrected chi connectivity index (χ2v) is 8.97. The minimum absolute atomic E-state index is 0.0599. The predicted octanol–water partition coefficient (Wildman–Crippen LogP) is 6.02. The van der Waals surface area contributed by atoms with Crippen LogP contribution in [0.3, 0.4) is 0 Å². The molecule has 0 aliphatic carbocycles. The summed E-state index contributed by atoms with van der Waals surface area (Å²) < 4.78 is 41.2. The molecule has 0 saturated heterocycles. The molecule has 5 rings (SSSR count).